The van der Waals surface area contributed by atoms with Crippen LogP contribution in [0.5, 0.6) is 0 Å². The lowest BCUT2D eigenvalue weighted by Crippen LogP contribution is -2.50. The van der Waals surface area contributed by atoms with Crippen LogP contribution in [-0.2, 0) is 4.79 Å². The fraction of sp³-hybridized carbons (Fsp3) is 0.353. The van der Waals surface area contributed by atoms with E-state index in [0.29, 0.717) is 24.9 Å². The fourth-order valence-corrected chi connectivity index (χ4v) is 3.03. The number of rotatable bonds is 2. The summed E-state index contributed by atoms with van der Waals surface area (Å²) in [6.07, 6.45) is 1.20. The molecular weight excluding hydrogens is 280 g/mol. The van der Waals surface area contributed by atoms with E-state index in [0.717, 1.165) is 16.6 Å². The van der Waals surface area contributed by atoms with E-state index in [1.165, 1.54) is 4.90 Å². The van der Waals surface area contributed by atoms with E-state index in [-0.39, 0.29) is 5.91 Å². The number of hydrogen-bond donors (Lipinski definition) is 1. The number of carboxylic acid groups (broad SMARTS) is 1. The first-order valence-corrected chi connectivity index (χ1v) is 7.34. The predicted octanol–water partition coefficient (Wildman–Crippen LogP) is 2.62. The Hall–Kier alpha value is -2.43. The summed E-state index contributed by atoms with van der Waals surface area (Å²) in [6, 6.07) is 9.13. The summed E-state index contributed by atoms with van der Waals surface area (Å²) in [4.78, 5) is 30.1. The number of aromatic nitrogens is 1. The third kappa shape index (κ3) is 2.22. The van der Waals surface area contributed by atoms with Crippen molar-refractivity contribution in [3.05, 3.63) is 41.6 Å². The second-order valence-corrected chi connectivity index (χ2v) is 6.00. The Labute approximate surface area is 128 Å². The van der Waals surface area contributed by atoms with Gasteiger partial charge in [0.25, 0.3) is 5.91 Å². The van der Waals surface area contributed by atoms with Gasteiger partial charge in [-0.3, -0.25) is 9.78 Å². The van der Waals surface area contributed by atoms with Crippen LogP contribution < -0.4 is 0 Å². The predicted molar refractivity (Wildman–Crippen MR) is 82.8 cm³/mol. The van der Waals surface area contributed by atoms with Crippen molar-refractivity contribution >= 4 is 22.8 Å². The number of nitrogens with zero attached hydrogens (tertiary/aromatic N) is 2. The molecule has 0 spiro atoms. The van der Waals surface area contributed by atoms with Gasteiger partial charge in [0.05, 0.1) is 5.52 Å². The minimum Gasteiger partial charge on any atom is -0.480 e. The highest BCUT2D eigenvalue weighted by Gasteiger charge is 2.46. The van der Waals surface area contributed by atoms with E-state index in [1.54, 1.807) is 19.1 Å². The first-order valence-electron chi connectivity index (χ1n) is 7.34. The molecular formula is C17H18N2O3. The van der Waals surface area contributed by atoms with E-state index in [2.05, 4.69) is 4.98 Å². The highest BCUT2D eigenvalue weighted by atomic mass is 16.4. The van der Waals surface area contributed by atoms with Crippen molar-refractivity contribution in [2.24, 2.45) is 0 Å². The van der Waals surface area contributed by atoms with Crippen molar-refractivity contribution in [3.8, 4) is 0 Å². The molecule has 3 rings (SSSR count). The summed E-state index contributed by atoms with van der Waals surface area (Å²) in [7, 11) is 0. The monoisotopic (exact) mass is 298 g/mol. The number of hydrogen-bond acceptors (Lipinski definition) is 3. The van der Waals surface area contributed by atoms with Gasteiger partial charge in [0.2, 0.25) is 0 Å². The number of aliphatic carboxylic acids is 1. The molecule has 5 heteroatoms. The van der Waals surface area contributed by atoms with E-state index in [9.17, 15) is 14.7 Å². The number of amides is 1. The fourth-order valence-electron chi connectivity index (χ4n) is 3.03. The Kier molecular flexibility index (Phi) is 3.35. The van der Waals surface area contributed by atoms with E-state index < -0.39 is 11.5 Å². The Balaban J connectivity index is 1.98. The molecule has 1 N–H and O–H groups in total. The zero-order valence-electron chi connectivity index (χ0n) is 12.7. The van der Waals surface area contributed by atoms with Crippen molar-refractivity contribution in [2.45, 2.75) is 32.2 Å². The number of pyridine rings is 1. The van der Waals surface area contributed by atoms with Gasteiger partial charge in [0.1, 0.15) is 5.54 Å². The van der Waals surface area contributed by atoms with Gasteiger partial charge in [-0.05, 0) is 51.0 Å². The van der Waals surface area contributed by atoms with E-state index in [4.69, 9.17) is 0 Å². The molecule has 0 bridgehead atoms. The molecule has 0 radical (unpaired) electrons. The molecule has 1 atom stereocenters. The van der Waals surface area contributed by atoms with Crippen molar-refractivity contribution < 1.29 is 14.7 Å². The zero-order chi connectivity index (χ0) is 15.9. The average molecular weight is 298 g/mol. The van der Waals surface area contributed by atoms with Crippen LogP contribution in [0.25, 0.3) is 10.9 Å². The van der Waals surface area contributed by atoms with E-state index in [1.807, 2.05) is 25.1 Å². The molecule has 2 aromatic rings. The van der Waals surface area contributed by atoms with Gasteiger partial charge in [-0.2, -0.15) is 0 Å². The SMILES string of the molecule is Cc1ccc2cc(C(=O)N3CCCC3(C)C(=O)O)ccc2n1. The number of carbonyl (C=O) groups excluding carboxylic acids is 1. The van der Waals surface area contributed by atoms with Crippen LogP contribution in [0.1, 0.15) is 35.8 Å². The average Bonchev–Trinajstić information content (AvgIpc) is 2.89. The largest absolute Gasteiger partial charge is 0.480 e. The van der Waals surface area contributed by atoms with Crippen LogP contribution in [0, 0.1) is 6.92 Å². The van der Waals surface area contributed by atoms with Gasteiger partial charge >= 0.3 is 5.97 Å². The summed E-state index contributed by atoms with van der Waals surface area (Å²) in [6.45, 7) is 4.01. The quantitative estimate of drug-likeness (QED) is 0.925. The minimum absolute atomic E-state index is 0.232. The molecule has 1 aromatic carbocycles. The number of likely N-dealkylation sites (tertiary alicyclic amines) is 1. The van der Waals surface area contributed by atoms with Crippen molar-refractivity contribution in [1.29, 1.82) is 0 Å². The van der Waals surface area contributed by atoms with Crippen LogP contribution in [-0.4, -0.2) is 39.0 Å². The minimum atomic E-state index is -1.11. The molecule has 1 fully saturated rings. The molecule has 114 valence electrons. The number of fused-ring (bicyclic) bond motifs is 1. The van der Waals surface area contributed by atoms with Crippen LogP contribution in [0.4, 0.5) is 0 Å². The summed E-state index contributed by atoms with van der Waals surface area (Å²) in [5, 5.41) is 10.3. The van der Waals surface area contributed by atoms with Crippen molar-refractivity contribution in [1.82, 2.24) is 9.88 Å². The maximum Gasteiger partial charge on any atom is 0.329 e. The van der Waals surface area contributed by atoms with Gasteiger partial charge in [-0.15, -0.1) is 0 Å². The molecule has 1 saturated heterocycles. The maximum absolute atomic E-state index is 12.7. The van der Waals surface area contributed by atoms with Crippen molar-refractivity contribution in [3.63, 3.8) is 0 Å². The van der Waals surface area contributed by atoms with Gasteiger partial charge in [0, 0.05) is 23.2 Å². The highest BCUT2D eigenvalue weighted by molar-refractivity contribution is 6.00. The van der Waals surface area contributed by atoms with Crippen LogP contribution >= 0.6 is 0 Å². The molecule has 22 heavy (non-hydrogen) atoms. The first-order chi connectivity index (χ1) is 10.4. The third-order valence-electron chi connectivity index (χ3n) is 4.42. The highest BCUT2D eigenvalue weighted by Crippen LogP contribution is 2.31. The molecule has 1 unspecified atom stereocenters. The molecule has 1 amide bonds. The summed E-state index contributed by atoms with van der Waals surface area (Å²) < 4.78 is 0. The summed E-state index contributed by atoms with van der Waals surface area (Å²) in [5.74, 6) is -1.18. The molecule has 5 nitrogen and oxygen atoms in total. The summed E-state index contributed by atoms with van der Waals surface area (Å²) >= 11 is 0. The first kappa shape index (κ1) is 14.5. The molecule has 2 heterocycles. The topological polar surface area (TPSA) is 70.5 Å². The van der Waals surface area contributed by atoms with Gasteiger partial charge in [0.15, 0.2) is 0 Å². The lowest BCUT2D eigenvalue weighted by atomic mass is 9.98. The lowest BCUT2D eigenvalue weighted by Gasteiger charge is -2.31. The molecule has 0 saturated carbocycles. The maximum atomic E-state index is 12.7. The standard InChI is InChI=1S/C17H18N2O3/c1-11-4-5-12-10-13(6-7-14(12)18-11)15(20)19-9-3-8-17(19,2)16(21)22/h4-7,10H,3,8-9H2,1-2H3,(H,21,22). The smallest absolute Gasteiger partial charge is 0.329 e. The van der Waals surface area contributed by atoms with Gasteiger partial charge < -0.3 is 10.0 Å². The Morgan fingerprint density at radius 1 is 1.27 bits per heavy atom. The van der Waals surface area contributed by atoms with Gasteiger partial charge in [-0.25, -0.2) is 4.79 Å². The molecule has 1 aliphatic heterocycles. The Bertz CT molecular complexity index is 772. The van der Waals surface area contributed by atoms with Crippen LogP contribution in [0.2, 0.25) is 0 Å². The number of benzene rings is 1. The second-order valence-electron chi connectivity index (χ2n) is 6.00. The molecule has 1 aromatic heterocycles. The number of aryl methyl sites for hydroxylation is 1. The Morgan fingerprint density at radius 2 is 2.05 bits per heavy atom. The summed E-state index contributed by atoms with van der Waals surface area (Å²) in [5.41, 5.74) is 1.15. The number of carbonyl (C=O) groups is 2. The van der Waals surface area contributed by atoms with Gasteiger partial charge in [-0.1, -0.05) is 6.07 Å². The Morgan fingerprint density at radius 3 is 2.77 bits per heavy atom. The molecule has 0 aliphatic carbocycles. The molecule has 1 aliphatic rings. The normalized spacial score (nSPS) is 21.3. The third-order valence-corrected chi connectivity index (χ3v) is 4.42. The zero-order valence-corrected chi connectivity index (χ0v) is 12.7. The number of carboxylic acids is 1. The lowest BCUT2D eigenvalue weighted by molar-refractivity contribution is -0.147. The second kappa shape index (κ2) is 5.09. The van der Waals surface area contributed by atoms with Crippen LogP contribution in [0.3, 0.4) is 0 Å². The van der Waals surface area contributed by atoms with Crippen LogP contribution in [0.15, 0.2) is 30.3 Å². The van der Waals surface area contributed by atoms with Crippen molar-refractivity contribution in [2.75, 3.05) is 6.54 Å². The van der Waals surface area contributed by atoms with E-state index >= 15 is 0 Å².